The largest absolute Gasteiger partial charge is 0.491 e. The number of methoxy groups -OCH3 is 1. The average Bonchev–Trinajstić information content (AvgIpc) is 2.76. The molecule has 1 N–H and O–H groups in total. The van der Waals surface area contributed by atoms with Crippen LogP contribution in [0.15, 0.2) is 71.5 Å². The van der Waals surface area contributed by atoms with Crippen LogP contribution in [0.2, 0.25) is 0 Å². The van der Waals surface area contributed by atoms with Crippen LogP contribution in [0.4, 0.5) is 0 Å². The number of benzene rings is 2. The van der Waals surface area contributed by atoms with Crippen LogP contribution in [-0.4, -0.2) is 24.0 Å². The molecule has 4 nitrogen and oxygen atoms in total. The molecule has 0 fully saturated rings. The summed E-state index contributed by atoms with van der Waals surface area (Å²) in [6, 6.07) is 23.1. The maximum atomic E-state index is 13.1. The van der Waals surface area contributed by atoms with Crippen molar-refractivity contribution in [3.8, 4) is 16.9 Å². The van der Waals surface area contributed by atoms with Gasteiger partial charge in [-0.05, 0) is 54.3 Å². The molecule has 0 aliphatic carbocycles. The van der Waals surface area contributed by atoms with Crippen molar-refractivity contribution < 1.29 is 4.74 Å². The lowest BCUT2D eigenvalue weighted by Gasteiger charge is -2.35. The van der Waals surface area contributed by atoms with Gasteiger partial charge in [0, 0.05) is 11.7 Å². The SMILES string of the molecule is COc1ccc2n(c1=O)C(Cc1cccc(-c3ccccc3)c1)C(NSC)CC2. The summed E-state index contributed by atoms with van der Waals surface area (Å²) in [7, 11) is 1.56. The van der Waals surface area contributed by atoms with Gasteiger partial charge in [-0.25, -0.2) is 0 Å². The number of ether oxygens (including phenoxy) is 1. The molecule has 0 saturated carbocycles. The second-order valence-corrected chi connectivity index (χ2v) is 8.02. The number of pyridine rings is 1. The molecule has 2 aromatic carbocycles. The number of hydrogen-bond donors (Lipinski definition) is 1. The third-order valence-corrected chi connectivity index (χ3v) is 6.18. The van der Waals surface area contributed by atoms with Crippen molar-refractivity contribution in [2.45, 2.75) is 31.3 Å². The van der Waals surface area contributed by atoms with Gasteiger partial charge in [0.15, 0.2) is 5.75 Å². The van der Waals surface area contributed by atoms with Crippen LogP contribution in [0, 0.1) is 0 Å². The lowest BCUT2D eigenvalue weighted by atomic mass is 9.90. The fraction of sp³-hybridized carbons (Fsp3) is 0.292. The monoisotopic (exact) mass is 406 g/mol. The van der Waals surface area contributed by atoms with Gasteiger partial charge >= 0.3 is 0 Å². The zero-order valence-corrected chi connectivity index (χ0v) is 17.6. The van der Waals surface area contributed by atoms with E-state index in [4.69, 9.17) is 4.74 Å². The smallest absolute Gasteiger partial charge is 0.293 e. The van der Waals surface area contributed by atoms with Crippen LogP contribution in [0.3, 0.4) is 0 Å². The van der Waals surface area contributed by atoms with Gasteiger partial charge in [0.1, 0.15) is 0 Å². The number of aryl methyl sites for hydroxylation is 1. The van der Waals surface area contributed by atoms with Crippen molar-refractivity contribution in [1.82, 2.24) is 9.29 Å². The fourth-order valence-electron chi connectivity index (χ4n) is 4.24. The van der Waals surface area contributed by atoms with Crippen LogP contribution in [0.25, 0.3) is 11.1 Å². The molecule has 0 amide bonds. The van der Waals surface area contributed by atoms with Gasteiger partial charge in [0.05, 0.1) is 13.2 Å². The van der Waals surface area contributed by atoms with E-state index in [1.165, 1.54) is 16.7 Å². The summed E-state index contributed by atoms with van der Waals surface area (Å²) in [6.07, 6.45) is 4.73. The van der Waals surface area contributed by atoms with E-state index in [2.05, 4.69) is 53.3 Å². The molecule has 0 saturated heterocycles. The highest BCUT2D eigenvalue weighted by Crippen LogP contribution is 2.30. The molecule has 2 heterocycles. The standard InChI is InChI=1S/C24H26N2O2S/c1-28-23-14-12-20-11-13-21(25-29-2)22(26(20)24(23)27)16-17-7-6-10-19(15-17)18-8-4-3-5-9-18/h3-10,12,14-15,21-22,25H,11,13,16H2,1-2H3. The van der Waals surface area contributed by atoms with Gasteiger partial charge in [0.2, 0.25) is 0 Å². The molecule has 2 unspecified atom stereocenters. The van der Waals surface area contributed by atoms with E-state index < -0.39 is 0 Å². The van der Waals surface area contributed by atoms with Gasteiger partial charge in [-0.2, -0.15) is 0 Å². The van der Waals surface area contributed by atoms with E-state index in [9.17, 15) is 4.79 Å². The second-order valence-electron chi connectivity index (χ2n) is 7.37. The summed E-state index contributed by atoms with van der Waals surface area (Å²) < 4.78 is 10.8. The van der Waals surface area contributed by atoms with Crippen molar-refractivity contribution in [3.63, 3.8) is 0 Å². The molecular formula is C24H26N2O2S. The van der Waals surface area contributed by atoms with Crippen LogP contribution in [0.1, 0.15) is 23.7 Å². The van der Waals surface area contributed by atoms with Gasteiger partial charge in [-0.15, -0.1) is 0 Å². The Morgan fingerprint density at radius 2 is 1.86 bits per heavy atom. The second kappa shape index (κ2) is 8.89. The number of aromatic nitrogens is 1. The maximum Gasteiger partial charge on any atom is 0.293 e. The predicted molar refractivity (Wildman–Crippen MR) is 121 cm³/mol. The molecule has 0 bridgehead atoms. The van der Waals surface area contributed by atoms with Crippen LogP contribution >= 0.6 is 11.9 Å². The molecule has 150 valence electrons. The highest BCUT2D eigenvalue weighted by atomic mass is 32.2. The molecule has 5 heteroatoms. The Bertz CT molecular complexity index is 1030. The summed E-state index contributed by atoms with van der Waals surface area (Å²) in [5.74, 6) is 0.404. The summed E-state index contributed by atoms with van der Waals surface area (Å²) in [4.78, 5) is 13.1. The van der Waals surface area contributed by atoms with E-state index in [0.29, 0.717) is 5.75 Å². The first-order valence-electron chi connectivity index (χ1n) is 9.92. The van der Waals surface area contributed by atoms with Crippen LogP contribution in [0.5, 0.6) is 5.75 Å². The minimum absolute atomic E-state index is 0.0400. The molecule has 0 radical (unpaired) electrons. The van der Waals surface area contributed by atoms with E-state index in [0.717, 1.165) is 25.0 Å². The van der Waals surface area contributed by atoms with Crippen LogP contribution in [-0.2, 0) is 12.8 Å². The zero-order valence-electron chi connectivity index (χ0n) is 16.8. The van der Waals surface area contributed by atoms with Gasteiger partial charge in [-0.3, -0.25) is 9.52 Å². The maximum absolute atomic E-state index is 13.1. The van der Waals surface area contributed by atoms with Crippen molar-refractivity contribution in [1.29, 1.82) is 0 Å². The summed E-state index contributed by atoms with van der Waals surface area (Å²) in [5, 5.41) is 0. The van der Waals surface area contributed by atoms with E-state index >= 15 is 0 Å². The molecule has 29 heavy (non-hydrogen) atoms. The number of nitrogens with zero attached hydrogens (tertiary/aromatic N) is 1. The van der Waals surface area contributed by atoms with E-state index in [1.54, 1.807) is 25.1 Å². The fourth-order valence-corrected chi connectivity index (χ4v) is 4.82. The number of hydrogen-bond acceptors (Lipinski definition) is 4. The number of fused-ring (bicyclic) bond motifs is 1. The minimum Gasteiger partial charge on any atom is -0.491 e. The quantitative estimate of drug-likeness (QED) is 0.613. The molecule has 0 spiro atoms. The Morgan fingerprint density at radius 3 is 2.62 bits per heavy atom. The van der Waals surface area contributed by atoms with Crippen molar-refractivity contribution in [3.05, 3.63) is 88.3 Å². The Morgan fingerprint density at radius 1 is 1.07 bits per heavy atom. The normalized spacial score (nSPS) is 18.3. The molecule has 3 aromatic rings. The lowest BCUT2D eigenvalue weighted by Crippen LogP contribution is -2.44. The van der Waals surface area contributed by atoms with Crippen molar-refractivity contribution in [2.24, 2.45) is 0 Å². The first kappa shape index (κ1) is 19.8. The van der Waals surface area contributed by atoms with Gasteiger partial charge in [0.25, 0.3) is 5.56 Å². The van der Waals surface area contributed by atoms with Crippen molar-refractivity contribution in [2.75, 3.05) is 13.4 Å². The highest BCUT2D eigenvalue weighted by Gasteiger charge is 2.31. The first-order valence-corrected chi connectivity index (χ1v) is 11.1. The lowest BCUT2D eigenvalue weighted by molar-refractivity contribution is 0.311. The molecule has 1 aliphatic heterocycles. The van der Waals surface area contributed by atoms with Crippen LogP contribution < -0.4 is 15.0 Å². The molecule has 1 aliphatic rings. The average molecular weight is 407 g/mol. The molecule has 1 aromatic heterocycles. The Hall–Kier alpha value is -2.50. The Balaban J connectivity index is 1.72. The summed E-state index contributed by atoms with van der Waals surface area (Å²) in [6.45, 7) is 0. The zero-order chi connectivity index (χ0) is 20.2. The predicted octanol–water partition coefficient (Wildman–Crippen LogP) is 4.49. The summed E-state index contributed by atoms with van der Waals surface area (Å²) in [5.41, 5.74) is 4.68. The Kier molecular flexibility index (Phi) is 6.07. The van der Waals surface area contributed by atoms with Crippen molar-refractivity contribution >= 4 is 11.9 Å². The molecular weight excluding hydrogens is 380 g/mol. The topological polar surface area (TPSA) is 43.3 Å². The molecule has 2 atom stereocenters. The number of nitrogens with one attached hydrogen (secondary N) is 1. The van der Waals surface area contributed by atoms with E-state index in [1.807, 2.05) is 23.0 Å². The molecule has 4 rings (SSSR count). The first-order chi connectivity index (χ1) is 14.2. The summed E-state index contributed by atoms with van der Waals surface area (Å²) >= 11 is 1.62. The van der Waals surface area contributed by atoms with E-state index in [-0.39, 0.29) is 17.6 Å². The van der Waals surface area contributed by atoms with Gasteiger partial charge < -0.3 is 9.30 Å². The number of rotatable bonds is 6. The van der Waals surface area contributed by atoms with Gasteiger partial charge in [-0.1, -0.05) is 66.5 Å². The Labute approximate surface area is 176 Å². The third kappa shape index (κ3) is 4.11. The minimum atomic E-state index is -0.0400. The third-order valence-electron chi connectivity index (χ3n) is 5.64. The highest BCUT2D eigenvalue weighted by molar-refractivity contribution is 7.96.